The standard InChI is InChI=1S/C11H6FN3/c12-10-3-1-2-8(9(10)6-13)11-7-14-4-5-15-11/h1-5,7H. The smallest absolute Gasteiger partial charge is 0.141 e. The first-order valence-corrected chi connectivity index (χ1v) is 4.28. The molecule has 0 saturated heterocycles. The summed E-state index contributed by atoms with van der Waals surface area (Å²) in [6, 6.07) is 6.25. The van der Waals surface area contributed by atoms with E-state index in [9.17, 15) is 4.39 Å². The lowest BCUT2D eigenvalue weighted by atomic mass is 10.1. The second kappa shape index (κ2) is 3.84. The Morgan fingerprint density at radius 3 is 2.80 bits per heavy atom. The largest absolute Gasteiger partial charge is 0.261 e. The molecule has 0 saturated carbocycles. The molecule has 0 bridgehead atoms. The van der Waals surface area contributed by atoms with Crippen LogP contribution in [0.25, 0.3) is 11.3 Å². The van der Waals surface area contributed by atoms with Gasteiger partial charge >= 0.3 is 0 Å². The maximum absolute atomic E-state index is 13.3. The molecule has 3 nitrogen and oxygen atoms in total. The van der Waals surface area contributed by atoms with Crippen molar-refractivity contribution >= 4 is 0 Å². The van der Waals surface area contributed by atoms with Crippen molar-refractivity contribution in [2.24, 2.45) is 0 Å². The molecule has 0 N–H and O–H groups in total. The summed E-state index contributed by atoms with van der Waals surface area (Å²) in [5.41, 5.74) is 0.956. The lowest BCUT2D eigenvalue weighted by Gasteiger charge is -2.02. The average Bonchev–Trinajstić information content (AvgIpc) is 2.30. The summed E-state index contributed by atoms with van der Waals surface area (Å²) < 4.78 is 13.3. The number of aromatic nitrogens is 2. The van der Waals surface area contributed by atoms with E-state index in [0.29, 0.717) is 11.3 Å². The summed E-state index contributed by atoms with van der Waals surface area (Å²) in [6.07, 6.45) is 4.52. The Morgan fingerprint density at radius 1 is 1.27 bits per heavy atom. The summed E-state index contributed by atoms with van der Waals surface area (Å²) in [7, 11) is 0. The van der Waals surface area contributed by atoms with Crippen LogP contribution in [0.2, 0.25) is 0 Å². The van der Waals surface area contributed by atoms with Crippen LogP contribution in [0, 0.1) is 17.1 Å². The van der Waals surface area contributed by atoms with E-state index in [0.717, 1.165) is 0 Å². The third-order valence-corrected chi connectivity index (χ3v) is 1.96. The fraction of sp³-hybridized carbons (Fsp3) is 0. The summed E-state index contributed by atoms with van der Waals surface area (Å²) in [4.78, 5) is 7.89. The minimum absolute atomic E-state index is 0.00185. The van der Waals surface area contributed by atoms with Gasteiger partial charge in [0.05, 0.1) is 17.5 Å². The van der Waals surface area contributed by atoms with E-state index in [1.807, 2.05) is 6.07 Å². The zero-order chi connectivity index (χ0) is 10.7. The van der Waals surface area contributed by atoms with Gasteiger partial charge in [-0.15, -0.1) is 0 Å². The van der Waals surface area contributed by atoms with E-state index in [2.05, 4.69) is 9.97 Å². The molecular weight excluding hydrogens is 193 g/mol. The first kappa shape index (κ1) is 9.28. The van der Waals surface area contributed by atoms with Crippen LogP contribution in [0.3, 0.4) is 0 Å². The molecule has 0 aliphatic carbocycles. The highest BCUT2D eigenvalue weighted by Crippen LogP contribution is 2.22. The van der Waals surface area contributed by atoms with E-state index in [1.54, 1.807) is 12.1 Å². The van der Waals surface area contributed by atoms with Crippen molar-refractivity contribution in [1.82, 2.24) is 9.97 Å². The van der Waals surface area contributed by atoms with Gasteiger partial charge in [-0.2, -0.15) is 5.26 Å². The van der Waals surface area contributed by atoms with Crippen LogP contribution in [-0.4, -0.2) is 9.97 Å². The molecule has 0 unspecified atom stereocenters. The van der Waals surface area contributed by atoms with Crippen LogP contribution in [-0.2, 0) is 0 Å². The van der Waals surface area contributed by atoms with Crippen molar-refractivity contribution < 1.29 is 4.39 Å². The van der Waals surface area contributed by atoms with Crippen LogP contribution >= 0.6 is 0 Å². The molecule has 0 spiro atoms. The molecule has 2 aromatic rings. The van der Waals surface area contributed by atoms with Crippen molar-refractivity contribution in [2.45, 2.75) is 0 Å². The Bertz CT molecular complexity index is 517. The Balaban J connectivity index is 2.65. The molecule has 2 rings (SSSR count). The molecule has 0 fully saturated rings. The van der Waals surface area contributed by atoms with Crippen molar-refractivity contribution in [1.29, 1.82) is 5.26 Å². The number of rotatable bonds is 1. The lowest BCUT2D eigenvalue weighted by molar-refractivity contribution is 0.624. The topological polar surface area (TPSA) is 49.6 Å². The third-order valence-electron chi connectivity index (χ3n) is 1.96. The maximum Gasteiger partial charge on any atom is 0.141 e. The second-order valence-corrected chi connectivity index (χ2v) is 2.86. The van der Waals surface area contributed by atoms with Crippen molar-refractivity contribution in [2.75, 3.05) is 0 Å². The number of nitrogens with zero attached hydrogens (tertiary/aromatic N) is 3. The molecule has 1 aromatic carbocycles. The quantitative estimate of drug-likeness (QED) is 0.707. The second-order valence-electron chi connectivity index (χ2n) is 2.86. The average molecular weight is 199 g/mol. The maximum atomic E-state index is 13.3. The Hall–Kier alpha value is -2.28. The zero-order valence-electron chi connectivity index (χ0n) is 7.68. The highest BCUT2D eigenvalue weighted by Gasteiger charge is 2.09. The van der Waals surface area contributed by atoms with Crippen LogP contribution in [0.4, 0.5) is 4.39 Å². The van der Waals surface area contributed by atoms with Gasteiger partial charge in [0.1, 0.15) is 11.9 Å². The van der Waals surface area contributed by atoms with Crippen molar-refractivity contribution in [3.63, 3.8) is 0 Å². The predicted octanol–water partition coefficient (Wildman–Crippen LogP) is 2.15. The molecule has 0 aliphatic rings. The predicted molar refractivity (Wildman–Crippen MR) is 52.1 cm³/mol. The van der Waals surface area contributed by atoms with E-state index >= 15 is 0 Å². The summed E-state index contributed by atoms with van der Waals surface area (Å²) in [5, 5.41) is 8.82. The SMILES string of the molecule is N#Cc1c(F)cccc1-c1cnccn1. The van der Waals surface area contributed by atoms with E-state index in [-0.39, 0.29) is 5.56 Å². The minimum atomic E-state index is -0.541. The lowest BCUT2D eigenvalue weighted by Crippen LogP contribution is -1.91. The van der Waals surface area contributed by atoms with Crippen LogP contribution in [0.15, 0.2) is 36.8 Å². The van der Waals surface area contributed by atoms with Crippen molar-refractivity contribution in [3.05, 3.63) is 48.2 Å². The van der Waals surface area contributed by atoms with Crippen molar-refractivity contribution in [3.8, 4) is 17.3 Å². The molecule has 1 aromatic heterocycles. The van der Waals surface area contributed by atoms with Gasteiger partial charge < -0.3 is 0 Å². The highest BCUT2D eigenvalue weighted by atomic mass is 19.1. The molecule has 0 aliphatic heterocycles. The van der Waals surface area contributed by atoms with Gasteiger partial charge in [-0.05, 0) is 6.07 Å². The van der Waals surface area contributed by atoms with Gasteiger partial charge in [0.2, 0.25) is 0 Å². The molecule has 0 radical (unpaired) electrons. The fourth-order valence-electron chi connectivity index (χ4n) is 1.29. The Kier molecular flexibility index (Phi) is 2.38. The monoisotopic (exact) mass is 199 g/mol. The van der Waals surface area contributed by atoms with Crippen LogP contribution in [0.1, 0.15) is 5.56 Å². The number of benzene rings is 1. The fourth-order valence-corrected chi connectivity index (χ4v) is 1.29. The molecule has 0 atom stereocenters. The van der Waals surface area contributed by atoms with E-state index < -0.39 is 5.82 Å². The number of hydrogen-bond acceptors (Lipinski definition) is 3. The van der Waals surface area contributed by atoms with Gasteiger partial charge in [-0.25, -0.2) is 4.39 Å². The van der Waals surface area contributed by atoms with Gasteiger partial charge in [-0.3, -0.25) is 9.97 Å². The zero-order valence-corrected chi connectivity index (χ0v) is 7.68. The third kappa shape index (κ3) is 1.67. The molecule has 15 heavy (non-hydrogen) atoms. The van der Waals surface area contributed by atoms with Gasteiger partial charge in [0.25, 0.3) is 0 Å². The molecular formula is C11H6FN3. The van der Waals surface area contributed by atoms with E-state index in [1.165, 1.54) is 24.7 Å². The molecule has 72 valence electrons. The number of hydrogen-bond donors (Lipinski definition) is 0. The first-order valence-electron chi connectivity index (χ1n) is 4.28. The Morgan fingerprint density at radius 2 is 2.13 bits per heavy atom. The molecule has 0 amide bonds. The number of nitriles is 1. The van der Waals surface area contributed by atoms with E-state index in [4.69, 9.17) is 5.26 Å². The summed E-state index contributed by atoms with van der Waals surface area (Å²) >= 11 is 0. The highest BCUT2D eigenvalue weighted by molar-refractivity contribution is 5.66. The van der Waals surface area contributed by atoms with Crippen LogP contribution in [0.5, 0.6) is 0 Å². The van der Waals surface area contributed by atoms with Gasteiger partial charge in [0, 0.05) is 18.0 Å². The molecule has 4 heteroatoms. The summed E-state index contributed by atoms with van der Waals surface area (Å²) in [6.45, 7) is 0. The normalized spacial score (nSPS) is 9.60. The summed E-state index contributed by atoms with van der Waals surface area (Å²) in [5.74, 6) is -0.541. The Labute approximate surface area is 85.9 Å². The minimum Gasteiger partial charge on any atom is -0.261 e. The van der Waals surface area contributed by atoms with Gasteiger partial charge in [0.15, 0.2) is 0 Å². The molecule has 1 heterocycles. The van der Waals surface area contributed by atoms with Gasteiger partial charge in [-0.1, -0.05) is 12.1 Å². The number of halogens is 1. The van der Waals surface area contributed by atoms with Crippen LogP contribution < -0.4 is 0 Å². The first-order chi connectivity index (χ1) is 7.33.